The SMILES string of the molecule is Cc1ncnc2ccc(-c3cc(C(N)=O)c(N)nc3-c3ccc(F)cc3)cc12.[C-]#[N+]c1cc(-c2ccc3ncnc(C)c3c2)c(-c2ccc(F)cc2)nc1N. The van der Waals surface area contributed by atoms with Crippen LogP contribution < -0.4 is 17.2 Å². The van der Waals surface area contributed by atoms with Crippen LogP contribution in [0.15, 0.2) is 110 Å². The van der Waals surface area contributed by atoms with E-state index >= 15 is 0 Å². The van der Waals surface area contributed by atoms with Gasteiger partial charge in [0.2, 0.25) is 5.69 Å². The molecule has 0 aliphatic rings. The third-order valence-electron chi connectivity index (χ3n) is 9.00. The van der Waals surface area contributed by atoms with Crippen molar-refractivity contribution < 1.29 is 13.6 Å². The highest BCUT2D eigenvalue weighted by Crippen LogP contribution is 2.38. The van der Waals surface area contributed by atoms with Crippen LogP contribution in [0, 0.1) is 32.1 Å². The number of hydrogen-bond acceptors (Lipinski definition) is 9. The summed E-state index contributed by atoms with van der Waals surface area (Å²) < 4.78 is 26.7. The highest BCUT2D eigenvalue weighted by atomic mass is 19.1. The van der Waals surface area contributed by atoms with E-state index in [0.717, 1.165) is 55.4 Å². The van der Waals surface area contributed by atoms with Gasteiger partial charge in [-0.15, -0.1) is 0 Å². The zero-order valence-corrected chi connectivity index (χ0v) is 29.4. The second-order valence-corrected chi connectivity index (χ2v) is 12.5. The molecule has 6 N–H and O–H groups in total. The van der Waals surface area contributed by atoms with Crippen LogP contribution in [-0.4, -0.2) is 35.8 Å². The van der Waals surface area contributed by atoms with Gasteiger partial charge in [0.25, 0.3) is 5.91 Å². The van der Waals surface area contributed by atoms with Crippen molar-refractivity contribution in [3.05, 3.63) is 150 Å². The summed E-state index contributed by atoms with van der Waals surface area (Å²) in [5.41, 5.74) is 26.6. The Balaban J connectivity index is 0.000000169. The zero-order valence-electron chi connectivity index (χ0n) is 29.4. The van der Waals surface area contributed by atoms with E-state index in [4.69, 9.17) is 23.8 Å². The Morgan fingerprint density at radius 3 is 1.49 bits per heavy atom. The molecular formula is C42H30F2N10O. The van der Waals surface area contributed by atoms with Crippen molar-refractivity contribution in [2.45, 2.75) is 13.8 Å². The third kappa shape index (κ3) is 7.20. The molecule has 268 valence electrons. The summed E-state index contributed by atoms with van der Waals surface area (Å²) >= 11 is 0. The molecule has 0 saturated carbocycles. The molecule has 8 rings (SSSR count). The number of nitrogen functional groups attached to an aromatic ring is 2. The van der Waals surface area contributed by atoms with Gasteiger partial charge in [0.1, 0.15) is 35.9 Å². The van der Waals surface area contributed by atoms with Crippen molar-refractivity contribution in [2.24, 2.45) is 5.73 Å². The maximum atomic E-state index is 13.4. The lowest BCUT2D eigenvalue weighted by Crippen LogP contribution is -2.15. The predicted molar refractivity (Wildman–Crippen MR) is 209 cm³/mol. The Labute approximate surface area is 313 Å². The summed E-state index contributed by atoms with van der Waals surface area (Å²) in [6.45, 7) is 11.2. The Hall–Kier alpha value is -7.72. The van der Waals surface area contributed by atoms with Gasteiger partial charge in [0, 0.05) is 38.9 Å². The van der Waals surface area contributed by atoms with Gasteiger partial charge >= 0.3 is 0 Å². The third-order valence-corrected chi connectivity index (χ3v) is 9.00. The normalized spacial score (nSPS) is 10.8. The average molecular weight is 729 g/mol. The van der Waals surface area contributed by atoms with Crippen LogP contribution in [0.2, 0.25) is 0 Å². The molecule has 0 saturated heterocycles. The molecular weight excluding hydrogens is 699 g/mol. The van der Waals surface area contributed by atoms with Crippen molar-refractivity contribution in [3.8, 4) is 44.8 Å². The van der Waals surface area contributed by atoms with E-state index in [0.29, 0.717) is 22.5 Å². The summed E-state index contributed by atoms with van der Waals surface area (Å²) in [7, 11) is 0. The number of anilines is 2. The van der Waals surface area contributed by atoms with Gasteiger partial charge in [-0.2, -0.15) is 0 Å². The van der Waals surface area contributed by atoms with Crippen molar-refractivity contribution in [1.29, 1.82) is 0 Å². The topological polar surface area (TPSA) is 177 Å². The fourth-order valence-electron chi connectivity index (χ4n) is 6.13. The largest absolute Gasteiger partial charge is 0.392 e. The molecule has 4 aromatic heterocycles. The first-order chi connectivity index (χ1) is 26.5. The molecule has 0 aliphatic carbocycles. The minimum absolute atomic E-state index is 0.0240. The number of pyridine rings is 2. The number of benzene rings is 4. The summed E-state index contributed by atoms with van der Waals surface area (Å²) in [5.74, 6) is -1.18. The van der Waals surface area contributed by atoms with E-state index in [1.54, 1.807) is 36.4 Å². The number of amides is 1. The molecule has 0 atom stereocenters. The van der Waals surface area contributed by atoms with Crippen LogP contribution in [0.1, 0.15) is 21.7 Å². The lowest BCUT2D eigenvalue weighted by atomic mass is 9.96. The molecule has 0 aliphatic heterocycles. The number of nitrogens with two attached hydrogens (primary N) is 3. The maximum absolute atomic E-state index is 13.4. The van der Waals surface area contributed by atoms with Gasteiger partial charge in [-0.1, -0.05) is 12.1 Å². The van der Waals surface area contributed by atoms with E-state index in [2.05, 4.69) is 34.7 Å². The molecule has 11 nitrogen and oxygen atoms in total. The second-order valence-electron chi connectivity index (χ2n) is 12.5. The van der Waals surface area contributed by atoms with Crippen LogP contribution in [-0.2, 0) is 0 Å². The number of nitrogens with zero attached hydrogens (tertiary/aromatic N) is 7. The zero-order chi connectivity index (χ0) is 38.8. The number of hydrogen-bond donors (Lipinski definition) is 3. The van der Waals surface area contributed by atoms with Crippen molar-refractivity contribution in [3.63, 3.8) is 0 Å². The first kappa shape index (κ1) is 35.7. The average Bonchev–Trinajstić information content (AvgIpc) is 3.18. The number of carbonyl (C=O) groups excluding carboxylic acids is 1. The Bertz CT molecular complexity index is 2820. The summed E-state index contributed by atoms with van der Waals surface area (Å²) in [4.78, 5) is 41.1. The van der Waals surface area contributed by atoms with Crippen LogP contribution >= 0.6 is 0 Å². The first-order valence-electron chi connectivity index (χ1n) is 16.7. The second kappa shape index (κ2) is 14.7. The molecule has 0 unspecified atom stereocenters. The molecule has 55 heavy (non-hydrogen) atoms. The van der Waals surface area contributed by atoms with Gasteiger partial charge in [-0.25, -0.2) is 43.5 Å². The molecule has 4 aromatic carbocycles. The smallest absolute Gasteiger partial charge is 0.252 e. The molecule has 0 radical (unpaired) electrons. The summed E-state index contributed by atoms with van der Waals surface area (Å²) in [6.07, 6.45) is 3.04. The number of aromatic nitrogens is 6. The number of aryl methyl sites for hydroxylation is 2. The fraction of sp³-hybridized carbons (Fsp3) is 0.0476. The van der Waals surface area contributed by atoms with Gasteiger partial charge in [-0.05, 0) is 115 Å². The van der Waals surface area contributed by atoms with E-state index in [9.17, 15) is 13.6 Å². The number of halogens is 2. The van der Waals surface area contributed by atoms with Crippen LogP contribution in [0.3, 0.4) is 0 Å². The number of fused-ring (bicyclic) bond motifs is 2. The Morgan fingerprint density at radius 2 is 1.04 bits per heavy atom. The fourth-order valence-corrected chi connectivity index (χ4v) is 6.13. The van der Waals surface area contributed by atoms with Crippen LogP contribution in [0.4, 0.5) is 26.1 Å². The lowest BCUT2D eigenvalue weighted by molar-refractivity contribution is 0.100. The number of rotatable bonds is 5. The first-order valence-corrected chi connectivity index (χ1v) is 16.7. The van der Waals surface area contributed by atoms with Gasteiger partial charge in [0.05, 0.1) is 34.6 Å². The maximum Gasteiger partial charge on any atom is 0.252 e. The molecule has 0 fully saturated rings. The number of carbonyl (C=O) groups is 1. The Morgan fingerprint density at radius 1 is 0.600 bits per heavy atom. The molecule has 1 amide bonds. The van der Waals surface area contributed by atoms with Crippen molar-refractivity contribution in [2.75, 3.05) is 11.5 Å². The van der Waals surface area contributed by atoms with Gasteiger partial charge < -0.3 is 17.2 Å². The molecule has 4 heterocycles. The molecule has 0 bridgehead atoms. The molecule has 8 aromatic rings. The van der Waals surface area contributed by atoms with Crippen LogP contribution in [0.5, 0.6) is 0 Å². The predicted octanol–water partition coefficient (Wildman–Crippen LogP) is 8.43. The van der Waals surface area contributed by atoms with E-state index < -0.39 is 5.91 Å². The van der Waals surface area contributed by atoms with Gasteiger partial charge in [-0.3, -0.25) is 4.79 Å². The minimum Gasteiger partial charge on any atom is -0.392 e. The highest BCUT2D eigenvalue weighted by Gasteiger charge is 2.18. The summed E-state index contributed by atoms with van der Waals surface area (Å²) in [6, 6.07) is 26.7. The van der Waals surface area contributed by atoms with Crippen molar-refractivity contribution in [1.82, 2.24) is 29.9 Å². The summed E-state index contributed by atoms with van der Waals surface area (Å²) in [5, 5.41) is 1.80. The van der Waals surface area contributed by atoms with Crippen molar-refractivity contribution >= 4 is 45.0 Å². The van der Waals surface area contributed by atoms with E-state index in [1.807, 2.05) is 50.2 Å². The highest BCUT2D eigenvalue weighted by molar-refractivity contribution is 6.01. The Kier molecular flexibility index (Phi) is 9.55. The molecule has 13 heteroatoms. The van der Waals surface area contributed by atoms with E-state index in [-0.39, 0.29) is 34.5 Å². The monoisotopic (exact) mass is 728 g/mol. The number of primary amides is 1. The quantitative estimate of drug-likeness (QED) is 0.147. The molecule has 0 spiro atoms. The minimum atomic E-state index is -0.669. The van der Waals surface area contributed by atoms with Gasteiger partial charge in [0.15, 0.2) is 0 Å². The standard InChI is InChI=1S/C21H16FN5O.C21H14FN5/c1-11-15-8-13(4-7-18(15)26-10-25-11)16-9-17(21(24)28)20(23)27-19(16)12-2-5-14(22)6-3-12;1-12-16-9-14(5-8-18(16)26-11-25-12)17-10-19(24-2)21(23)27-20(17)13-3-6-15(22)7-4-13/h2-10H,1H3,(H2,23,27)(H2,24,28);3-11H,1H3,(H2,23,27). The van der Waals surface area contributed by atoms with E-state index in [1.165, 1.54) is 36.9 Å². The lowest BCUT2D eigenvalue weighted by Gasteiger charge is -2.14. The van der Waals surface area contributed by atoms with Crippen LogP contribution in [0.25, 0.3) is 71.4 Å².